The Labute approximate surface area is 323 Å². The van der Waals surface area contributed by atoms with Crippen LogP contribution in [0.3, 0.4) is 0 Å². The zero-order valence-corrected chi connectivity index (χ0v) is 31.9. The predicted molar refractivity (Wildman–Crippen MR) is 206 cm³/mol. The molecular weight excluding hydrogens is 820 g/mol. The van der Waals surface area contributed by atoms with Gasteiger partial charge in [-0.05, 0) is 36.2 Å². The van der Waals surface area contributed by atoms with Gasteiger partial charge in [-0.2, -0.15) is 0 Å². The van der Waals surface area contributed by atoms with Crippen molar-refractivity contribution in [2.75, 3.05) is 0 Å². The first-order valence-corrected chi connectivity index (χ1v) is 18.8. The van der Waals surface area contributed by atoms with Gasteiger partial charge in [0.05, 0.1) is 0 Å². The van der Waals surface area contributed by atoms with Crippen LogP contribution < -0.4 is 4.74 Å². The summed E-state index contributed by atoms with van der Waals surface area (Å²) >= 11 is 2.05. The fraction of sp³-hybridized carbons (Fsp3) is 0.261. The van der Waals surface area contributed by atoms with Crippen LogP contribution in [-0.2, 0) is 42.6 Å². The van der Waals surface area contributed by atoms with E-state index in [1.165, 1.54) is 10.1 Å². The molecule has 4 heterocycles. The second-order valence-corrected chi connectivity index (χ2v) is 16.8. The van der Waals surface area contributed by atoms with Gasteiger partial charge in [0.2, 0.25) is 0 Å². The number of hydrogen-bond acceptors (Lipinski definition) is 2. The summed E-state index contributed by atoms with van der Waals surface area (Å²) in [6.07, 6.45) is 1.87. The summed E-state index contributed by atoms with van der Waals surface area (Å²) in [6.45, 7) is 6.86. The van der Waals surface area contributed by atoms with E-state index in [9.17, 15) is 0 Å². The van der Waals surface area contributed by atoms with E-state index in [1.807, 2.05) is 72.5 Å². The summed E-state index contributed by atoms with van der Waals surface area (Å²) in [5.41, 5.74) is 8.43. The number of nitrogens with zero attached hydrogens (tertiary/aromatic N) is 4. The third-order valence-corrected chi connectivity index (χ3v) is 13.4. The number of benzene rings is 5. The third kappa shape index (κ3) is 4.09. The van der Waals surface area contributed by atoms with Crippen molar-refractivity contribution in [1.82, 2.24) is 18.5 Å². The Kier molecular flexibility index (Phi) is 5.35. The minimum atomic E-state index is -2.39. The van der Waals surface area contributed by atoms with Gasteiger partial charge in [0, 0.05) is 20.5 Å². The topological polar surface area (TPSA) is 36.4 Å². The molecule has 262 valence electrons. The van der Waals surface area contributed by atoms with Crippen molar-refractivity contribution in [1.29, 1.82) is 0 Å². The zero-order valence-electron chi connectivity index (χ0n) is 35.6. The van der Waals surface area contributed by atoms with Gasteiger partial charge in [-0.1, -0.05) is 71.0 Å². The van der Waals surface area contributed by atoms with Crippen LogP contribution in [0.2, 0.25) is 0 Å². The SMILES string of the molecule is [2H]C([2H])([2H])c1ccc2c3c1c1ccc(Oc4[c-]c(-n5[c](=[Pt])n(C([2H])([2H])[2H])c6ccccc65)ccc4)[c-]c1c1nc4c(n13)C(C)(CCC(C)(C)c1ccccc1-4)C2(C)C. The quantitative estimate of drug-likeness (QED) is 0.131. The van der Waals surface area contributed by atoms with Crippen LogP contribution in [0.15, 0.2) is 91.0 Å². The van der Waals surface area contributed by atoms with E-state index < -0.39 is 13.8 Å². The van der Waals surface area contributed by atoms with Crippen LogP contribution in [-0.4, -0.2) is 18.5 Å². The fourth-order valence-corrected chi connectivity index (χ4v) is 9.94. The molecule has 1 atom stereocenters. The van der Waals surface area contributed by atoms with Crippen molar-refractivity contribution in [3.63, 3.8) is 0 Å². The van der Waals surface area contributed by atoms with Gasteiger partial charge in [-0.25, -0.2) is 0 Å². The standard InChI is InChI=1S/C46H40N4O.Pt/c1-28-19-22-36-41-39(28)32-21-20-31(51-30-14-12-13-29(25-30)49-27-48(7)37-17-10-11-18-38(37)49)26-34(32)43-47-40-33-15-8-9-16-35(33)44(2,3)23-24-46(6,45(36,4)5)42(40)50(41)43;/h8-22H,23-24H2,1-7H3;/q-2;/i1D3,7D3;. The Bertz CT molecular complexity index is 3130. The Hall–Kier alpha value is -4.73. The monoisotopic (exact) mass is 865 g/mol. The number of imidazole rings is 2. The second-order valence-electron chi connectivity index (χ2n) is 15.8. The van der Waals surface area contributed by atoms with Gasteiger partial charge < -0.3 is 0 Å². The molecule has 0 amide bonds. The molecule has 1 aliphatic carbocycles. The van der Waals surface area contributed by atoms with Crippen LogP contribution in [0.1, 0.15) is 78.1 Å². The molecule has 2 aliphatic rings. The number of rotatable bonds is 3. The molecule has 0 bridgehead atoms. The summed E-state index contributed by atoms with van der Waals surface area (Å²) in [6, 6.07) is 36.1. The maximum absolute atomic E-state index is 8.73. The molecule has 52 heavy (non-hydrogen) atoms. The normalized spacial score (nSPS) is 20.8. The van der Waals surface area contributed by atoms with E-state index in [1.54, 1.807) is 18.2 Å². The maximum atomic E-state index is 8.73. The summed E-state index contributed by atoms with van der Waals surface area (Å²) in [5, 5.41) is 2.09. The number of pyridine rings is 1. The van der Waals surface area contributed by atoms with Crippen LogP contribution >= 0.6 is 0 Å². The van der Waals surface area contributed by atoms with Gasteiger partial charge >= 0.3 is 197 Å². The van der Waals surface area contributed by atoms with E-state index >= 15 is 0 Å². The van der Waals surface area contributed by atoms with E-state index in [0.717, 1.165) is 51.8 Å². The first kappa shape index (κ1) is 26.1. The number of fused-ring (bicyclic) bond motifs is 6. The molecule has 10 rings (SSSR count). The van der Waals surface area contributed by atoms with Gasteiger partial charge in [-0.15, -0.1) is 0 Å². The van der Waals surface area contributed by atoms with Gasteiger partial charge in [0.25, 0.3) is 0 Å². The van der Waals surface area contributed by atoms with E-state index in [2.05, 4.69) is 75.4 Å². The summed E-state index contributed by atoms with van der Waals surface area (Å²) < 4.78 is 63.5. The molecule has 5 aromatic carbocycles. The summed E-state index contributed by atoms with van der Waals surface area (Å²) in [5.74, 6) is 0.822. The molecule has 0 saturated heterocycles. The Morgan fingerprint density at radius 2 is 1.60 bits per heavy atom. The molecule has 0 fully saturated rings. The van der Waals surface area contributed by atoms with Crippen molar-refractivity contribution in [3.05, 3.63) is 129 Å². The van der Waals surface area contributed by atoms with E-state index in [-0.39, 0.29) is 16.2 Å². The van der Waals surface area contributed by atoms with Crippen LogP contribution in [0.4, 0.5) is 0 Å². The molecule has 5 nitrogen and oxygen atoms in total. The first-order valence-electron chi connectivity index (χ1n) is 20.7. The number of aryl methyl sites for hydroxylation is 2. The fourth-order valence-electron chi connectivity index (χ4n) is 9.11. The van der Waals surface area contributed by atoms with Crippen LogP contribution in [0, 0.1) is 22.8 Å². The van der Waals surface area contributed by atoms with Crippen LogP contribution in [0.5, 0.6) is 11.5 Å². The molecule has 0 saturated carbocycles. The van der Waals surface area contributed by atoms with Gasteiger partial charge in [-0.3, -0.25) is 0 Å². The molecule has 1 aliphatic heterocycles. The van der Waals surface area contributed by atoms with Gasteiger partial charge in [0.15, 0.2) is 0 Å². The Morgan fingerprint density at radius 1 is 0.808 bits per heavy atom. The van der Waals surface area contributed by atoms with Crippen molar-refractivity contribution in [2.24, 2.45) is 6.98 Å². The van der Waals surface area contributed by atoms with Crippen molar-refractivity contribution < 1.29 is 32.3 Å². The van der Waals surface area contributed by atoms with Gasteiger partial charge in [0.1, 0.15) is 0 Å². The number of ether oxygens (including phenoxy) is 1. The smallest absolute Gasteiger partial charge is 0.0189 e. The van der Waals surface area contributed by atoms with Crippen LogP contribution in [0.25, 0.3) is 55.3 Å². The summed E-state index contributed by atoms with van der Waals surface area (Å²) in [4.78, 5) is 5.56. The molecule has 1 unspecified atom stereocenters. The molecule has 0 radical (unpaired) electrons. The Morgan fingerprint density at radius 3 is 2.42 bits per heavy atom. The molecule has 0 spiro atoms. The minimum absolute atomic E-state index is 0.109. The molecule has 3 aromatic heterocycles. The van der Waals surface area contributed by atoms with Crippen molar-refractivity contribution in [3.8, 4) is 28.4 Å². The average molecular weight is 866 g/mol. The molecule has 6 heteroatoms. The van der Waals surface area contributed by atoms with E-state index in [4.69, 9.17) is 17.9 Å². The first-order chi connectivity index (χ1) is 27.3. The summed E-state index contributed by atoms with van der Waals surface area (Å²) in [7, 11) is 0. The molecule has 8 aromatic rings. The van der Waals surface area contributed by atoms with Crippen molar-refractivity contribution >= 4 is 38.4 Å². The largest absolute Gasteiger partial charge is 0.0619 e. The number of hydrogen-bond donors (Lipinski definition) is 0. The van der Waals surface area contributed by atoms with E-state index in [0.29, 0.717) is 48.5 Å². The molecule has 0 N–H and O–H groups in total. The minimum Gasteiger partial charge on any atom is -0.0619 e. The number of aromatic nitrogens is 4. The second kappa shape index (κ2) is 10.7. The zero-order chi connectivity index (χ0) is 40.9. The predicted octanol–water partition coefficient (Wildman–Crippen LogP) is 11.0. The van der Waals surface area contributed by atoms with Crippen molar-refractivity contribution in [2.45, 2.75) is 70.6 Å². The maximum Gasteiger partial charge on any atom is 0.0189 e. The number of para-hydroxylation sites is 2. The molecular formula is C46H40N4OPt-2. The third-order valence-electron chi connectivity index (χ3n) is 12.3. The Balaban J connectivity index is 1.24. The average Bonchev–Trinajstić information content (AvgIpc) is 3.72.